The number of hydrogen-bond donors (Lipinski definition) is 3. The Morgan fingerprint density at radius 2 is 1.88 bits per heavy atom. The van der Waals surface area contributed by atoms with Crippen LogP contribution in [0.4, 0.5) is 11.4 Å². The van der Waals surface area contributed by atoms with Crippen LogP contribution in [0.2, 0.25) is 5.02 Å². The quantitative estimate of drug-likeness (QED) is 0.451. The van der Waals surface area contributed by atoms with Crippen LogP contribution in [0, 0.1) is 11.3 Å². The Hall–Kier alpha value is -3.30. The molecule has 2 rings (SSSR count). The fraction of sp³-hybridized carbons (Fsp3) is 0. The van der Waals surface area contributed by atoms with Crippen molar-refractivity contribution < 1.29 is 9.59 Å². The average Bonchev–Trinajstić information content (AvgIpc) is 2.56. The summed E-state index contributed by atoms with van der Waals surface area (Å²) in [5.74, 6) is -1.12. The zero-order valence-corrected chi connectivity index (χ0v) is 13.2. The van der Waals surface area contributed by atoms with Gasteiger partial charge in [0.1, 0.15) is 11.6 Å². The van der Waals surface area contributed by atoms with Crippen LogP contribution in [0.15, 0.2) is 60.3 Å². The van der Waals surface area contributed by atoms with Crippen LogP contribution >= 0.6 is 11.6 Å². The lowest BCUT2D eigenvalue weighted by molar-refractivity contribution is -0.112. The van der Waals surface area contributed by atoms with Crippen molar-refractivity contribution >= 4 is 34.8 Å². The summed E-state index contributed by atoms with van der Waals surface area (Å²) in [6.07, 6.45) is 1.05. The number of nitrogens with zero attached hydrogens (tertiary/aromatic N) is 1. The summed E-state index contributed by atoms with van der Waals surface area (Å²) in [4.78, 5) is 24.0. The number of anilines is 2. The third-order valence-electron chi connectivity index (χ3n) is 2.97. The molecule has 24 heavy (non-hydrogen) atoms. The molecule has 0 aliphatic rings. The highest BCUT2D eigenvalue weighted by molar-refractivity contribution is 6.31. The lowest BCUT2D eigenvalue weighted by atomic mass is 10.2. The molecule has 0 atom stereocenters. The fourth-order valence-corrected chi connectivity index (χ4v) is 1.96. The van der Waals surface area contributed by atoms with Crippen LogP contribution < -0.4 is 16.4 Å². The van der Waals surface area contributed by atoms with E-state index in [2.05, 4.69) is 10.6 Å². The molecule has 2 aromatic carbocycles. The number of hydrogen-bond acceptors (Lipinski definition) is 4. The molecule has 4 N–H and O–H groups in total. The number of benzene rings is 2. The molecule has 0 unspecified atom stereocenters. The predicted octanol–water partition coefficient (Wildman–Crippen LogP) is 2.70. The Kier molecular flexibility index (Phi) is 5.55. The normalized spacial score (nSPS) is 10.6. The van der Waals surface area contributed by atoms with Crippen molar-refractivity contribution in [3.05, 3.63) is 70.9 Å². The number of amides is 2. The Morgan fingerprint density at radius 1 is 1.17 bits per heavy atom. The number of nitrogens with one attached hydrogen (secondary N) is 2. The highest BCUT2D eigenvalue weighted by Crippen LogP contribution is 2.15. The number of rotatable bonds is 4. The lowest BCUT2D eigenvalue weighted by Gasteiger charge is -2.05. The van der Waals surface area contributed by atoms with Gasteiger partial charge in [-0.25, -0.2) is 0 Å². The van der Waals surface area contributed by atoms with Gasteiger partial charge in [-0.3, -0.25) is 9.59 Å². The van der Waals surface area contributed by atoms with E-state index >= 15 is 0 Å². The first kappa shape index (κ1) is 17.1. The van der Waals surface area contributed by atoms with Gasteiger partial charge in [0.25, 0.3) is 11.8 Å². The van der Waals surface area contributed by atoms with E-state index in [9.17, 15) is 9.59 Å². The van der Waals surface area contributed by atoms with Crippen LogP contribution in [0.1, 0.15) is 10.4 Å². The maximum absolute atomic E-state index is 12.0. The first-order valence-corrected chi connectivity index (χ1v) is 7.21. The molecule has 2 amide bonds. The summed E-state index contributed by atoms with van der Waals surface area (Å²) < 4.78 is 0. The largest absolute Gasteiger partial charge is 0.399 e. The Morgan fingerprint density at radius 3 is 2.50 bits per heavy atom. The topological polar surface area (TPSA) is 108 Å². The third kappa shape index (κ3) is 4.60. The molecule has 0 aliphatic carbocycles. The summed E-state index contributed by atoms with van der Waals surface area (Å²) in [6.45, 7) is 0. The molecule has 0 aromatic heterocycles. The molecule has 0 radical (unpaired) electrons. The maximum atomic E-state index is 12.0. The second-order valence-corrected chi connectivity index (χ2v) is 5.17. The Bertz CT molecular complexity index is 838. The van der Waals surface area contributed by atoms with Crippen molar-refractivity contribution in [2.24, 2.45) is 0 Å². The molecule has 0 aliphatic heterocycles. The molecule has 0 saturated carbocycles. The van der Waals surface area contributed by atoms with Crippen molar-refractivity contribution in [2.75, 3.05) is 11.1 Å². The number of nitrogens with two attached hydrogens (primary N) is 1. The third-order valence-corrected chi connectivity index (χ3v) is 3.20. The van der Waals surface area contributed by atoms with E-state index in [1.807, 2.05) is 0 Å². The van der Waals surface area contributed by atoms with E-state index in [0.717, 1.165) is 6.20 Å². The van der Waals surface area contributed by atoms with Gasteiger partial charge in [-0.1, -0.05) is 17.7 Å². The number of halogens is 1. The van der Waals surface area contributed by atoms with Crippen LogP contribution in [0.25, 0.3) is 0 Å². The first-order valence-electron chi connectivity index (χ1n) is 6.83. The minimum Gasteiger partial charge on any atom is -0.399 e. The molecule has 0 spiro atoms. The van der Waals surface area contributed by atoms with Crippen molar-refractivity contribution in [1.29, 1.82) is 5.26 Å². The van der Waals surface area contributed by atoms with Gasteiger partial charge in [0.2, 0.25) is 0 Å². The van der Waals surface area contributed by atoms with Gasteiger partial charge >= 0.3 is 0 Å². The fourth-order valence-electron chi connectivity index (χ4n) is 1.77. The lowest BCUT2D eigenvalue weighted by Crippen LogP contribution is -2.21. The molecule has 0 fully saturated rings. The number of nitriles is 1. The second kappa shape index (κ2) is 7.81. The van der Waals surface area contributed by atoms with Gasteiger partial charge in [0.15, 0.2) is 0 Å². The van der Waals surface area contributed by atoms with Gasteiger partial charge in [-0.05, 0) is 42.5 Å². The molecule has 0 bridgehead atoms. The molecular weight excluding hydrogens is 328 g/mol. The number of carbonyl (C=O) groups excluding carboxylic acids is 2. The van der Waals surface area contributed by atoms with Crippen LogP contribution in [0.5, 0.6) is 0 Å². The van der Waals surface area contributed by atoms with Crippen molar-refractivity contribution in [1.82, 2.24) is 5.32 Å². The van der Waals surface area contributed by atoms with Gasteiger partial charge < -0.3 is 16.4 Å². The van der Waals surface area contributed by atoms with E-state index in [4.69, 9.17) is 22.6 Å². The van der Waals surface area contributed by atoms with Crippen LogP contribution in [-0.4, -0.2) is 11.8 Å². The van der Waals surface area contributed by atoms with E-state index in [0.29, 0.717) is 22.0 Å². The molecule has 0 heterocycles. The highest BCUT2D eigenvalue weighted by Gasteiger charge is 2.11. The van der Waals surface area contributed by atoms with Gasteiger partial charge in [0.05, 0.1) is 0 Å². The average molecular weight is 341 g/mol. The summed E-state index contributed by atoms with van der Waals surface area (Å²) in [5.41, 5.74) is 6.62. The van der Waals surface area contributed by atoms with Crippen molar-refractivity contribution in [3.63, 3.8) is 0 Å². The monoisotopic (exact) mass is 340 g/mol. The number of nitrogen functional groups attached to an aromatic ring is 1. The second-order valence-electron chi connectivity index (χ2n) is 4.73. The summed E-state index contributed by atoms with van der Waals surface area (Å²) in [7, 11) is 0. The van der Waals surface area contributed by atoms with Gasteiger partial charge in [0, 0.05) is 28.2 Å². The smallest absolute Gasteiger partial charge is 0.267 e. The molecular formula is C17H13ClN4O2. The minimum absolute atomic E-state index is 0.251. The van der Waals surface area contributed by atoms with Gasteiger partial charge in [-0.2, -0.15) is 5.26 Å². The zero-order valence-electron chi connectivity index (χ0n) is 12.4. The number of carbonyl (C=O) groups is 2. The van der Waals surface area contributed by atoms with Crippen molar-refractivity contribution in [3.8, 4) is 6.07 Å². The minimum atomic E-state index is -0.655. The molecule has 0 saturated heterocycles. The first-order chi connectivity index (χ1) is 11.5. The van der Waals surface area contributed by atoms with Gasteiger partial charge in [-0.15, -0.1) is 0 Å². The summed E-state index contributed by atoms with van der Waals surface area (Å²) in [6, 6.07) is 14.5. The highest BCUT2D eigenvalue weighted by atomic mass is 35.5. The molecule has 6 nitrogen and oxygen atoms in total. The predicted molar refractivity (Wildman–Crippen MR) is 92.1 cm³/mol. The summed E-state index contributed by atoms with van der Waals surface area (Å²) in [5, 5.41) is 14.4. The van der Waals surface area contributed by atoms with Crippen LogP contribution in [-0.2, 0) is 4.79 Å². The standard InChI is InChI=1S/C17H13ClN4O2/c18-13-2-1-3-15(8-13)22-17(24)12(9-19)10-21-16(23)11-4-6-14(20)7-5-11/h1-8,10H,20H2,(H,21,23)(H,22,24)/b12-10-. The Labute approximate surface area is 143 Å². The van der Waals surface area contributed by atoms with E-state index in [-0.39, 0.29) is 5.57 Å². The van der Waals surface area contributed by atoms with E-state index in [1.54, 1.807) is 42.5 Å². The molecule has 120 valence electrons. The van der Waals surface area contributed by atoms with Crippen molar-refractivity contribution in [2.45, 2.75) is 0 Å². The van der Waals surface area contributed by atoms with E-state index in [1.165, 1.54) is 12.1 Å². The van der Waals surface area contributed by atoms with E-state index < -0.39 is 11.8 Å². The molecule has 2 aromatic rings. The zero-order chi connectivity index (χ0) is 17.5. The summed E-state index contributed by atoms with van der Waals surface area (Å²) >= 11 is 5.83. The van der Waals surface area contributed by atoms with Crippen LogP contribution in [0.3, 0.4) is 0 Å². The Balaban J connectivity index is 2.05. The maximum Gasteiger partial charge on any atom is 0.267 e. The SMILES string of the molecule is N#C/C(=C/NC(=O)c1ccc(N)cc1)C(=O)Nc1cccc(Cl)c1. The molecule has 7 heteroatoms.